The van der Waals surface area contributed by atoms with E-state index in [0.717, 1.165) is 17.9 Å². The van der Waals surface area contributed by atoms with Gasteiger partial charge in [-0.25, -0.2) is 0 Å². The molecule has 1 N–H and O–H groups in total. The second-order valence-corrected chi connectivity index (χ2v) is 5.67. The Morgan fingerprint density at radius 2 is 2.00 bits per heavy atom. The topological polar surface area (TPSA) is 15.3 Å². The molecule has 2 fully saturated rings. The fraction of sp³-hybridized carbons (Fsp3) is 1.00. The number of fused-ring (bicyclic) bond motifs is 2. The van der Waals surface area contributed by atoms with Crippen LogP contribution in [0.5, 0.6) is 0 Å². The predicted molar refractivity (Wildman–Crippen MR) is 69.6 cm³/mol. The highest BCUT2D eigenvalue weighted by molar-refractivity contribution is 4.94. The third kappa shape index (κ3) is 2.98. The summed E-state index contributed by atoms with van der Waals surface area (Å²) >= 11 is 0. The summed E-state index contributed by atoms with van der Waals surface area (Å²) in [6, 6.07) is 0.860. The molecule has 94 valence electrons. The van der Waals surface area contributed by atoms with Crippen LogP contribution in [0.15, 0.2) is 0 Å². The molecule has 3 unspecified atom stereocenters. The van der Waals surface area contributed by atoms with Gasteiger partial charge in [-0.1, -0.05) is 20.3 Å². The van der Waals surface area contributed by atoms with Crippen LogP contribution in [0.3, 0.4) is 0 Å². The van der Waals surface area contributed by atoms with E-state index in [-0.39, 0.29) is 0 Å². The molecule has 2 heteroatoms. The highest BCUT2D eigenvalue weighted by atomic mass is 15.1. The lowest BCUT2D eigenvalue weighted by Gasteiger charge is -2.25. The Morgan fingerprint density at radius 3 is 2.56 bits per heavy atom. The summed E-state index contributed by atoms with van der Waals surface area (Å²) < 4.78 is 0. The Kier molecular flexibility index (Phi) is 4.66. The molecule has 0 heterocycles. The Hall–Kier alpha value is -0.0800. The van der Waals surface area contributed by atoms with Crippen molar-refractivity contribution >= 4 is 0 Å². The third-order valence-corrected chi connectivity index (χ3v) is 4.56. The number of hydrogen-bond donors (Lipinski definition) is 1. The number of nitrogens with one attached hydrogen (secondary N) is 1. The third-order valence-electron chi connectivity index (χ3n) is 4.56. The average molecular weight is 224 g/mol. The molecule has 0 radical (unpaired) electrons. The van der Waals surface area contributed by atoms with E-state index in [1.807, 2.05) is 0 Å². The maximum Gasteiger partial charge on any atom is 0.0107 e. The van der Waals surface area contributed by atoms with Gasteiger partial charge in [0.1, 0.15) is 0 Å². The fourth-order valence-electron chi connectivity index (χ4n) is 3.65. The molecule has 3 atom stereocenters. The van der Waals surface area contributed by atoms with Crippen LogP contribution in [0.2, 0.25) is 0 Å². The largest absolute Gasteiger partial charge is 0.312 e. The lowest BCUT2D eigenvalue weighted by atomic mass is 9.95. The minimum absolute atomic E-state index is 0.860. The van der Waals surface area contributed by atoms with Crippen molar-refractivity contribution in [2.45, 2.75) is 52.0 Å². The van der Waals surface area contributed by atoms with Crippen molar-refractivity contribution < 1.29 is 0 Å². The standard InChI is InChI=1S/C14H28N2/c1-3-8-16(4-2)9-7-15-14-11-12-5-6-13(14)10-12/h12-15H,3-11H2,1-2H3. The van der Waals surface area contributed by atoms with Gasteiger partial charge in [-0.05, 0) is 50.6 Å². The summed E-state index contributed by atoms with van der Waals surface area (Å²) in [5.74, 6) is 2.09. The van der Waals surface area contributed by atoms with E-state index in [2.05, 4.69) is 24.1 Å². The second-order valence-electron chi connectivity index (χ2n) is 5.67. The molecule has 0 saturated heterocycles. The normalized spacial score (nSPS) is 32.8. The zero-order valence-electron chi connectivity index (χ0n) is 11.0. The van der Waals surface area contributed by atoms with E-state index < -0.39 is 0 Å². The maximum atomic E-state index is 3.79. The van der Waals surface area contributed by atoms with E-state index in [1.54, 1.807) is 0 Å². The highest BCUT2D eigenvalue weighted by Gasteiger charge is 2.38. The molecule has 0 aromatic heterocycles. The first-order valence-electron chi connectivity index (χ1n) is 7.29. The summed E-state index contributed by atoms with van der Waals surface area (Å²) in [4.78, 5) is 2.56. The molecule has 2 bridgehead atoms. The Balaban J connectivity index is 1.60. The summed E-state index contributed by atoms with van der Waals surface area (Å²) in [6.45, 7) is 9.43. The van der Waals surface area contributed by atoms with Gasteiger partial charge in [0.05, 0.1) is 0 Å². The van der Waals surface area contributed by atoms with Gasteiger partial charge in [0.25, 0.3) is 0 Å². The minimum atomic E-state index is 0.860. The predicted octanol–water partition coefficient (Wildman–Crippen LogP) is 2.50. The monoisotopic (exact) mass is 224 g/mol. The van der Waals surface area contributed by atoms with Crippen molar-refractivity contribution in [3.05, 3.63) is 0 Å². The van der Waals surface area contributed by atoms with Gasteiger partial charge in [-0.15, -0.1) is 0 Å². The first-order valence-corrected chi connectivity index (χ1v) is 7.29. The molecular formula is C14H28N2. The molecule has 0 aromatic carbocycles. The molecule has 2 aliphatic rings. The number of nitrogens with zero attached hydrogens (tertiary/aromatic N) is 1. The van der Waals surface area contributed by atoms with Crippen LogP contribution in [0.25, 0.3) is 0 Å². The van der Waals surface area contributed by atoms with Crippen LogP contribution in [-0.4, -0.2) is 37.1 Å². The maximum absolute atomic E-state index is 3.79. The van der Waals surface area contributed by atoms with Gasteiger partial charge in [0, 0.05) is 19.1 Å². The van der Waals surface area contributed by atoms with Gasteiger partial charge in [-0.2, -0.15) is 0 Å². The molecule has 0 aromatic rings. The molecule has 0 aliphatic heterocycles. The quantitative estimate of drug-likeness (QED) is 0.715. The highest BCUT2D eigenvalue weighted by Crippen LogP contribution is 2.44. The lowest BCUT2D eigenvalue weighted by Crippen LogP contribution is -2.39. The van der Waals surface area contributed by atoms with Crippen molar-refractivity contribution in [3.63, 3.8) is 0 Å². The smallest absolute Gasteiger partial charge is 0.0107 e. The van der Waals surface area contributed by atoms with Crippen LogP contribution >= 0.6 is 0 Å². The van der Waals surface area contributed by atoms with E-state index in [4.69, 9.17) is 0 Å². The fourth-order valence-corrected chi connectivity index (χ4v) is 3.65. The zero-order chi connectivity index (χ0) is 11.4. The van der Waals surface area contributed by atoms with Crippen molar-refractivity contribution in [2.75, 3.05) is 26.2 Å². The Bertz CT molecular complexity index is 205. The van der Waals surface area contributed by atoms with Crippen LogP contribution in [0.4, 0.5) is 0 Å². The zero-order valence-corrected chi connectivity index (χ0v) is 11.0. The van der Waals surface area contributed by atoms with Crippen LogP contribution in [0, 0.1) is 11.8 Å². The molecule has 2 saturated carbocycles. The van der Waals surface area contributed by atoms with E-state index >= 15 is 0 Å². The van der Waals surface area contributed by atoms with E-state index in [1.165, 1.54) is 58.3 Å². The summed E-state index contributed by atoms with van der Waals surface area (Å²) in [5.41, 5.74) is 0. The van der Waals surface area contributed by atoms with Crippen LogP contribution < -0.4 is 5.32 Å². The second kappa shape index (κ2) is 6.02. The molecule has 16 heavy (non-hydrogen) atoms. The van der Waals surface area contributed by atoms with Gasteiger partial charge in [0.15, 0.2) is 0 Å². The molecule has 0 spiro atoms. The summed E-state index contributed by atoms with van der Waals surface area (Å²) in [6.07, 6.45) is 7.27. The summed E-state index contributed by atoms with van der Waals surface area (Å²) in [5, 5.41) is 3.79. The summed E-state index contributed by atoms with van der Waals surface area (Å²) in [7, 11) is 0. The molecular weight excluding hydrogens is 196 g/mol. The molecule has 2 aliphatic carbocycles. The van der Waals surface area contributed by atoms with Crippen molar-refractivity contribution in [2.24, 2.45) is 11.8 Å². The Labute approximate surface area is 101 Å². The SMILES string of the molecule is CCCN(CC)CCNC1CC2CCC1C2. The van der Waals surface area contributed by atoms with Crippen molar-refractivity contribution in [1.29, 1.82) is 0 Å². The molecule has 2 rings (SSSR count). The lowest BCUT2D eigenvalue weighted by molar-refractivity contribution is 0.269. The molecule has 2 nitrogen and oxygen atoms in total. The van der Waals surface area contributed by atoms with Gasteiger partial charge < -0.3 is 10.2 Å². The van der Waals surface area contributed by atoms with E-state index in [9.17, 15) is 0 Å². The molecule has 0 amide bonds. The Morgan fingerprint density at radius 1 is 1.12 bits per heavy atom. The van der Waals surface area contributed by atoms with Crippen LogP contribution in [0.1, 0.15) is 46.0 Å². The van der Waals surface area contributed by atoms with E-state index in [0.29, 0.717) is 0 Å². The van der Waals surface area contributed by atoms with Crippen molar-refractivity contribution in [1.82, 2.24) is 10.2 Å². The number of rotatable bonds is 7. The van der Waals surface area contributed by atoms with Gasteiger partial charge >= 0.3 is 0 Å². The average Bonchev–Trinajstić information content (AvgIpc) is 2.89. The van der Waals surface area contributed by atoms with Crippen LogP contribution in [-0.2, 0) is 0 Å². The van der Waals surface area contributed by atoms with Crippen molar-refractivity contribution in [3.8, 4) is 0 Å². The minimum Gasteiger partial charge on any atom is -0.312 e. The number of hydrogen-bond acceptors (Lipinski definition) is 2. The van der Waals surface area contributed by atoms with Gasteiger partial charge in [-0.3, -0.25) is 0 Å². The first kappa shape index (κ1) is 12.4. The van der Waals surface area contributed by atoms with Gasteiger partial charge in [0.2, 0.25) is 0 Å². The number of likely N-dealkylation sites (N-methyl/N-ethyl adjacent to an activating group) is 1. The first-order chi connectivity index (χ1) is 7.83.